The van der Waals surface area contributed by atoms with Crippen LogP contribution in [0, 0.1) is 13.8 Å². The monoisotopic (exact) mass is 450 g/mol. The first-order valence-electron chi connectivity index (χ1n) is 10.5. The van der Waals surface area contributed by atoms with Crippen molar-refractivity contribution in [3.8, 4) is 11.5 Å². The Kier molecular flexibility index (Phi) is 8.28. The number of hydrazone groups is 1. The van der Waals surface area contributed by atoms with Gasteiger partial charge in [-0.3, -0.25) is 4.79 Å². The van der Waals surface area contributed by atoms with Gasteiger partial charge in [0.15, 0.2) is 11.5 Å². The molecule has 0 spiro atoms. The van der Waals surface area contributed by atoms with Crippen molar-refractivity contribution in [1.29, 1.82) is 0 Å². The van der Waals surface area contributed by atoms with Crippen LogP contribution in [0.25, 0.3) is 0 Å². The molecule has 0 heterocycles. The van der Waals surface area contributed by atoms with Gasteiger partial charge in [-0.05, 0) is 55.2 Å². The normalized spacial score (nSPS) is 10.9. The van der Waals surface area contributed by atoms with Crippen molar-refractivity contribution in [2.45, 2.75) is 33.8 Å². The number of halogens is 1. The fraction of sp³-hybridized carbons (Fsp3) is 0.231. The van der Waals surface area contributed by atoms with Gasteiger partial charge in [-0.2, -0.15) is 5.10 Å². The van der Waals surface area contributed by atoms with E-state index >= 15 is 0 Å². The van der Waals surface area contributed by atoms with Crippen LogP contribution in [0.3, 0.4) is 0 Å². The number of hydrogen-bond donors (Lipinski definition) is 1. The van der Waals surface area contributed by atoms with Crippen molar-refractivity contribution in [2.24, 2.45) is 5.10 Å². The van der Waals surface area contributed by atoms with E-state index in [1.165, 1.54) is 11.8 Å². The zero-order valence-corrected chi connectivity index (χ0v) is 19.3. The van der Waals surface area contributed by atoms with Gasteiger partial charge in [0.2, 0.25) is 5.91 Å². The van der Waals surface area contributed by atoms with Crippen molar-refractivity contribution in [1.82, 2.24) is 5.43 Å². The molecule has 0 saturated carbocycles. The minimum atomic E-state index is -0.188. The summed E-state index contributed by atoms with van der Waals surface area (Å²) in [6, 6.07) is 19.4. The quantitative estimate of drug-likeness (QED) is 0.339. The fourth-order valence-corrected chi connectivity index (χ4v) is 3.50. The van der Waals surface area contributed by atoms with Crippen molar-refractivity contribution in [2.75, 3.05) is 6.61 Å². The lowest BCUT2D eigenvalue weighted by Crippen LogP contribution is -2.20. The van der Waals surface area contributed by atoms with Crippen molar-refractivity contribution >= 4 is 23.7 Å². The number of carbonyl (C=O) groups excluding carboxylic acids is 1. The Morgan fingerprint density at radius 2 is 1.84 bits per heavy atom. The van der Waals surface area contributed by atoms with Gasteiger partial charge >= 0.3 is 0 Å². The Morgan fingerprint density at radius 1 is 1.06 bits per heavy atom. The highest BCUT2D eigenvalue weighted by molar-refractivity contribution is 6.32. The predicted octanol–water partition coefficient (Wildman–Crippen LogP) is 5.63. The molecule has 166 valence electrons. The first-order valence-corrected chi connectivity index (χ1v) is 10.8. The molecule has 3 aromatic rings. The molecule has 5 nitrogen and oxygen atoms in total. The molecule has 0 saturated heterocycles. The highest BCUT2D eigenvalue weighted by atomic mass is 35.5. The highest BCUT2D eigenvalue weighted by Gasteiger charge is 2.13. The minimum absolute atomic E-state index is 0.188. The Hall–Kier alpha value is -3.31. The Balaban J connectivity index is 1.66. The van der Waals surface area contributed by atoms with Crippen LogP contribution < -0.4 is 14.9 Å². The van der Waals surface area contributed by atoms with Gasteiger partial charge in [0.25, 0.3) is 0 Å². The highest BCUT2D eigenvalue weighted by Crippen LogP contribution is 2.37. The van der Waals surface area contributed by atoms with E-state index in [2.05, 4.69) is 16.6 Å². The second-order valence-electron chi connectivity index (χ2n) is 7.44. The van der Waals surface area contributed by atoms with Crippen LogP contribution in [-0.4, -0.2) is 18.7 Å². The molecule has 0 aromatic heterocycles. The summed E-state index contributed by atoms with van der Waals surface area (Å²) in [5, 5.41) is 4.48. The van der Waals surface area contributed by atoms with E-state index in [9.17, 15) is 4.79 Å². The molecule has 0 unspecified atom stereocenters. The molecule has 3 rings (SSSR count). The lowest BCUT2D eigenvalue weighted by atomic mass is 10.0. The van der Waals surface area contributed by atoms with Crippen LogP contribution in [0.15, 0.2) is 65.8 Å². The molecule has 0 atom stereocenters. The Bertz CT molecular complexity index is 1100. The Morgan fingerprint density at radius 3 is 2.56 bits per heavy atom. The minimum Gasteiger partial charge on any atom is -0.490 e. The summed E-state index contributed by atoms with van der Waals surface area (Å²) in [4.78, 5) is 12.3. The second kappa shape index (κ2) is 11.3. The fourth-order valence-electron chi connectivity index (χ4n) is 3.23. The first-order chi connectivity index (χ1) is 15.5. The third-order valence-electron chi connectivity index (χ3n) is 4.81. The maximum Gasteiger partial charge on any atom is 0.244 e. The third kappa shape index (κ3) is 6.59. The molecule has 1 N–H and O–H groups in total. The molecule has 3 aromatic carbocycles. The van der Waals surface area contributed by atoms with E-state index in [4.69, 9.17) is 21.1 Å². The summed E-state index contributed by atoms with van der Waals surface area (Å²) in [5.41, 5.74) is 7.52. The van der Waals surface area contributed by atoms with Crippen LogP contribution >= 0.6 is 11.6 Å². The summed E-state index contributed by atoms with van der Waals surface area (Å²) in [6.07, 6.45) is 1.80. The second-order valence-corrected chi connectivity index (χ2v) is 7.84. The van der Waals surface area contributed by atoms with Gasteiger partial charge < -0.3 is 9.47 Å². The number of nitrogens with zero attached hydrogens (tertiary/aromatic N) is 1. The van der Waals surface area contributed by atoms with Crippen LogP contribution in [0.4, 0.5) is 0 Å². The largest absolute Gasteiger partial charge is 0.490 e. The molecule has 0 aliphatic rings. The summed E-state index contributed by atoms with van der Waals surface area (Å²) in [5.74, 6) is 0.819. The smallest absolute Gasteiger partial charge is 0.244 e. The van der Waals surface area contributed by atoms with Crippen LogP contribution in [0.5, 0.6) is 11.5 Å². The van der Waals surface area contributed by atoms with Crippen molar-refractivity contribution in [3.63, 3.8) is 0 Å². The molecule has 0 bridgehead atoms. The summed E-state index contributed by atoms with van der Waals surface area (Å²) < 4.78 is 11.6. The summed E-state index contributed by atoms with van der Waals surface area (Å²) >= 11 is 6.46. The Labute approximate surface area is 194 Å². The number of benzene rings is 3. The molecule has 0 aliphatic carbocycles. The number of rotatable bonds is 9. The number of aryl methyl sites for hydroxylation is 2. The van der Waals surface area contributed by atoms with E-state index in [0.717, 1.165) is 16.7 Å². The van der Waals surface area contributed by atoms with Crippen LogP contribution in [-0.2, 0) is 17.8 Å². The lowest BCUT2D eigenvalue weighted by Gasteiger charge is -2.14. The van der Waals surface area contributed by atoms with Gasteiger partial charge in [0.1, 0.15) is 6.61 Å². The van der Waals surface area contributed by atoms with Gasteiger partial charge in [0, 0.05) is 0 Å². The van der Waals surface area contributed by atoms with Crippen LogP contribution in [0.1, 0.15) is 34.7 Å². The van der Waals surface area contributed by atoms with E-state index in [1.807, 2.05) is 63.2 Å². The summed E-state index contributed by atoms with van der Waals surface area (Å²) in [7, 11) is 0. The molecule has 6 heteroatoms. The predicted molar refractivity (Wildman–Crippen MR) is 129 cm³/mol. The van der Waals surface area contributed by atoms with Crippen molar-refractivity contribution in [3.05, 3.63) is 93.5 Å². The topological polar surface area (TPSA) is 59.9 Å². The zero-order chi connectivity index (χ0) is 22.9. The van der Waals surface area contributed by atoms with E-state index < -0.39 is 0 Å². The van der Waals surface area contributed by atoms with E-state index in [-0.39, 0.29) is 12.3 Å². The number of amides is 1. The number of nitrogens with one attached hydrogen (secondary N) is 1. The average Bonchev–Trinajstić information content (AvgIpc) is 2.76. The molecule has 0 radical (unpaired) electrons. The van der Waals surface area contributed by atoms with Gasteiger partial charge in [-0.25, -0.2) is 5.43 Å². The summed E-state index contributed by atoms with van der Waals surface area (Å²) in [6.45, 7) is 6.76. The number of carbonyl (C=O) groups is 1. The van der Waals surface area contributed by atoms with Crippen molar-refractivity contribution < 1.29 is 14.3 Å². The average molecular weight is 451 g/mol. The molecule has 1 amide bonds. The van der Waals surface area contributed by atoms with Gasteiger partial charge in [-0.1, -0.05) is 65.7 Å². The maximum atomic E-state index is 12.3. The van der Waals surface area contributed by atoms with E-state index in [0.29, 0.717) is 35.3 Å². The molecule has 32 heavy (non-hydrogen) atoms. The van der Waals surface area contributed by atoms with E-state index in [1.54, 1.807) is 12.1 Å². The van der Waals surface area contributed by atoms with Crippen LogP contribution in [0.2, 0.25) is 5.02 Å². The number of ether oxygens (including phenoxy) is 2. The standard InChI is InChI=1S/C26H27ClN2O3/c1-4-31-24-14-21(13-23(27)26(24)32-17-20-8-6-5-7-9-20)16-28-29-25(30)15-22-11-10-18(2)12-19(22)3/h5-14,16H,4,15,17H2,1-3H3,(H,29,30)/b28-16-. The molecular weight excluding hydrogens is 424 g/mol. The van der Waals surface area contributed by atoms with Gasteiger partial charge in [0.05, 0.1) is 24.3 Å². The molecule has 0 fully saturated rings. The SMILES string of the molecule is CCOc1cc(/C=N\NC(=O)Cc2ccc(C)cc2C)cc(Cl)c1OCc1ccccc1. The zero-order valence-electron chi connectivity index (χ0n) is 18.5. The molecule has 0 aliphatic heterocycles. The maximum absolute atomic E-state index is 12.3. The number of hydrogen-bond acceptors (Lipinski definition) is 4. The lowest BCUT2D eigenvalue weighted by molar-refractivity contribution is -0.120. The first kappa shape index (κ1) is 23.4. The van der Waals surface area contributed by atoms with Gasteiger partial charge in [-0.15, -0.1) is 0 Å². The molecular formula is C26H27ClN2O3. The third-order valence-corrected chi connectivity index (χ3v) is 5.09.